The molecule has 3 rings (SSSR count). The fourth-order valence-corrected chi connectivity index (χ4v) is 3.56. The Morgan fingerprint density at radius 2 is 2.29 bits per heavy atom. The van der Waals surface area contributed by atoms with Gasteiger partial charge in [0.25, 0.3) is 0 Å². The molecule has 6 nitrogen and oxygen atoms in total. The number of rotatable bonds is 5. The molecule has 1 aromatic heterocycles. The number of nitriles is 1. The lowest BCUT2D eigenvalue weighted by molar-refractivity contribution is 0.220. The van der Waals surface area contributed by atoms with Crippen LogP contribution in [0.4, 0.5) is 5.13 Å². The van der Waals surface area contributed by atoms with Crippen LogP contribution in [0.5, 0.6) is 11.5 Å². The molecule has 2 aromatic rings. The monoisotopic (exact) mass is 344 g/mol. The number of ether oxygens (including phenoxy) is 2. The summed E-state index contributed by atoms with van der Waals surface area (Å²) in [5, 5.41) is 9.95. The summed E-state index contributed by atoms with van der Waals surface area (Å²) in [6.07, 6.45) is 2.25. The summed E-state index contributed by atoms with van der Waals surface area (Å²) in [6, 6.07) is 7.35. The predicted molar refractivity (Wildman–Crippen MR) is 92.8 cm³/mol. The van der Waals surface area contributed by atoms with Crippen LogP contribution < -0.4 is 14.4 Å². The van der Waals surface area contributed by atoms with E-state index >= 15 is 0 Å². The fraction of sp³-hybridized carbons (Fsp3) is 0.471. The third-order valence-corrected chi connectivity index (χ3v) is 4.94. The van der Waals surface area contributed by atoms with E-state index in [2.05, 4.69) is 20.3 Å². The van der Waals surface area contributed by atoms with Gasteiger partial charge in [0.15, 0.2) is 11.5 Å². The Morgan fingerprint density at radius 1 is 1.42 bits per heavy atom. The Kier molecular flexibility index (Phi) is 5.16. The van der Waals surface area contributed by atoms with Crippen LogP contribution in [0.15, 0.2) is 18.2 Å². The van der Waals surface area contributed by atoms with Crippen molar-refractivity contribution in [2.24, 2.45) is 5.92 Å². The van der Waals surface area contributed by atoms with Gasteiger partial charge in [-0.2, -0.15) is 9.64 Å². The van der Waals surface area contributed by atoms with Crippen molar-refractivity contribution in [1.29, 1.82) is 5.26 Å². The molecule has 1 atom stereocenters. The summed E-state index contributed by atoms with van der Waals surface area (Å²) in [4.78, 5) is 6.77. The predicted octanol–water partition coefficient (Wildman–Crippen LogP) is 3.02. The highest BCUT2D eigenvalue weighted by molar-refractivity contribution is 7.09. The van der Waals surface area contributed by atoms with Crippen molar-refractivity contribution >= 4 is 16.7 Å². The molecule has 0 aliphatic carbocycles. The maximum Gasteiger partial charge on any atom is 0.205 e. The van der Waals surface area contributed by atoms with Gasteiger partial charge in [0.1, 0.15) is 5.82 Å². The first-order valence-corrected chi connectivity index (χ1v) is 8.73. The highest BCUT2D eigenvalue weighted by atomic mass is 32.1. The van der Waals surface area contributed by atoms with E-state index < -0.39 is 0 Å². The van der Waals surface area contributed by atoms with Crippen molar-refractivity contribution in [2.45, 2.75) is 19.8 Å². The largest absolute Gasteiger partial charge is 0.493 e. The van der Waals surface area contributed by atoms with E-state index in [1.165, 1.54) is 11.5 Å². The second-order valence-electron chi connectivity index (χ2n) is 5.87. The van der Waals surface area contributed by atoms with Gasteiger partial charge >= 0.3 is 0 Å². The Morgan fingerprint density at radius 3 is 3.00 bits per heavy atom. The second kappa shape index (κ2) is 7.49. The van der Waals surface area contributed by atoms with E-state index in [0.29, 0.717) is 29.6 Å². The van der Waals surface area contributed by atoms with Gasteiger partial charge in [-0.3, -0.25) is 0 Å². The average molecular weight is 344 g/mol. The van der Waals surface area contributed by atoms with E-state index in [9.17, 15) is 0 Å². The normalized spacial score (nSPS) is 17.4. The lowest BCUT2D eigenvalue weighted by Gasteiger charge is -2.32. The molecule has 1 saturated heterocycles. The minimum Gasteiger partial charge on any atom is -0.493 e. The van der Waals surface area contributed by atoms with E-state index in [0.717, 1.165) is 36.9 Å². The van der Waals surface area contributed by atoms with E-state index in [1.807, 2.05) is 6.92 Å². The van der Waals surface area contributed by atoms with Gasteiger partial charge in [-0.25, -0.2) is 4.98 Å². The molecule has 1 fully saturated rings. The molecule has 1 aliphatic rings. The second-order valence-corrected chi connectivity index (χ2v) is 6.60. The molecule has 126 valence electrons. The number of hydrogen-bond acceptors (Lipinski definition) is 7. The van der Waals surface area contributed by atoms with Crippen molar-refractivity contribution in [3.05, 3.63) is 29.6 Å². The zero-order chi connectivity index (χ0) is 16.9. The quantitative estimate of drug-likeness (QED) is 0.830. The van der Waals surface area contributed by atoms with Gasteiger partial charge < -0.3 is 14.4 Å². The van der Waals surface area contributed by atoms with Crippen molar-refractivity contribution in [2.75, 3.05) is 31.7 Å². The van der Waals surface area contributed by atoms with Crippen LogP contribution in [0.3, 0.4) is 0 Å². The molecule has 1 unspecified atom stereocenters. The molecule has 1 aliphatic heterocycles. The summed E-state index contributed by atoms with van der Waals surface area (Å²) in [5.74, 6) is 2.54. The summed E-state index contributed by atoms with van der Waals surface area (Å²) < 4.78 is 15.5. The summed E-state index contributed by atoms with van der Waals surface area (Å²) in [6.45, 7) is 4.48. The Bertz CT molecular complexity index is 740. The van der Waals surface area contributed by atoms with Gasteiger partial charge in [-0.15, -0.1) is 0 Å². The number of aromatic nitrogens is 2. The van der Waals surface area contributed by atoms with Crippen molar-refractivity contribution in [1.82, 2.24) is 9.36 Å². The SMILES string of the molecule is COc1cc(C#N)ccc1OCC1CCCN(c2nc(C)ns2)C1. The Balaban J connectivity index is 1.61. The van der Waals surface area contributed by atoms with Crippen molar-refractivity contribution < 1.29 is 9.47 Å². The van der Waals surface area contributed by atoms with Crippen LogP contribution in [0.2, 0.25) is 0 Å². The first kappa shape index (κ1) is 16.5. The third-order valence-electron chi connectivity index (χ3n) is 4.07. The molecule has 0 spiro atoms. The number of anilines is 1. The van der Waals surface area contributed by atoms with Gasteiger partial charge in [0, 0.05) is 36.6 Å². The fourth-order valence-electron chi connectivity index (χ4n) is 2.85. The molecule has 1 aromatic carbocycles. The van der Waals surface area contributed by atoms with Crippen molar-refractivity contribution in [3.8, 4) is 17.6 Å². The van der Waals surface area contributed by atoms with Gasteiger partial charge in [-0.1, -0.05) is 0 Å². The van der Waals surface area contributed by atoms with E-state index in [1.54, 1.807) is 25.3 Å². The topological polar surface area (TPSA) is 71.3 Å². The molecule has 0 bridgehead atoms. The van der Waals surface area contributed by atoms with Crippen LogP contribution in [-0.4, -0.2) is 36.2 Å². The number of benzene rings is 1. The number of hydrogen-bond donors (Lipinski definition) is 0. The maximum absolute atomic E-state index is 8.96. The Labute approximate surface area is 145 Å². The van der Waals surface area contributed by atoms with Gasteiger partial charge in [-0.05, 0) is 31.9 Å². The minimum atomic E-state index is 0.434. The number of piperidine rings is 1. The van der Waals surface area contributed by atoms with Crippen LogP contribution in [0.25, 0.3) is 0 Å². The van der Waals surface area contributed by atoms with Crippen LogP contribution in [0.1, 0.15) is 24.2 Å². The lowest BCUT2D eigenvalue weighted by atomic mass is 9.99. The van der Waals surface area contributed by atoms with Crippen LogP contribution in [-0.2, 0) is 0 Å². The molecule has 7 heteroatoms. The zero-order valence-electron chi connectivity index (χ0n) is 13.9. The standard InChI is InChI=1S/C17H20N4O2S/c1-12-19-17(24-20-12)21-7-3-4-14(10-21)11-23-15-6-5-13(9-18)8-16(15)22-2/h5-6,8,14H,3-4,7,10-11H2,1-2H3. The smallest absolute Gasteiger partial charge is 0.205 e. The summed E-state index contributed by atoms with van der Waals surface area (Å²) in [7, 11) is 1.59. The highest BCUT2D eigenvalue weighted by Gasteiger charge is 2.23. The van der Waals surface area contributed by atoms with E-state index in [-0.39, 0.29) is 0 Å². The number of aryl methyl sites for hydroxylation is 1. The molecule has 0 N–H and O–H groups in total. The molecule has 0 saturated carbocycles. The Hall–Kier alpha value is -2.33. The first-order chi connectivity index (χ1) is 11.7. The van der Waals surface area contributed by atoms with Crippen molar-refractivity contribution in [3.63, 3.8) is 0 Å². The maximum atomic E-state index is 8.96. The number of nitrogens with zero attached hydrogens (tertiary/aromatic N) is 4. The minimum absolute atomic E-state index is 0.434. The van der Waals surface area contributed by atoms with E-state index in [4.69, 9.17) is 14.7 Å². The number of methoxy groups -OCH3 is 1. The summed E-state index contributed by atoms with van der Waals surface area (Å²) in [5.41, 5.74) is 0.565. The molecular formula is C17H20N4O2S. The van der Waals surface area contributed by atoms with Crippen LogP contribution in [0, 0.1) is 24.2 Å². The van der Waals surface area contributed by atoms with Crippen LogP contribution >= 0.6 is 11.5 Å². The lowest BCUT2D eigenvalue weighted by Crippen LogP contribution is -2.37. The summed E-state index contributed by atoms with van der Waals surface area (Å²) >= 11 is 1.46. The molecule has 2 heterocycles. The molecule has 24 heavy (non-hydrogen) atoms. The molecule has 0 radical (unpaired) electrons. The highest BCUT2D eigenvalue weighted by Crippen LogP contribution is 2.30. The first-order valence-electron chi connectivity index (χ1n) is 7.96. The molecule has 0 amide bonds. The van der Waals surface area contributed by atoms with Gasteiger partial charge in [0.05, 0.1) is 25.3 Å². The zero-order valence-corrected chi connectivity index (χ0v) is 14.7. The third kappa shape index (κ3) is 3.77. The van der Waals surface area contributed by atoms with Gasteiger partial charge in [0.2, 0.25) is 5.13 Å². The molecular weight excluding hydrogens is 324 g/mol. The average Bonchev–Trinajstić information content (AvgIpc) is 3.06.